The number of carbonyl (C=O) groups excluding carboxylic acids is 1. The lowest BCUT2D eigenvalue weighted by Gasteiger charge is -2.07. The first-order chi connectivity index (χ1) is 10.6. The highest BCUT2D eigenvalue weighted by Gasteiger charge is 2.06. The molecule has 8 heteroatoms. The Labute approximate surface area is 131 Å². The molecule has 0 atom stereocenters. The molecule has 1 amide bonds. The van der Waals surface area contributed by atoms with Crippen molar-refractivity contribution in [2.24, 2.45) is 0 Å². The van der Waals surface area contributed by atoms with Crippen molar-refractivity contribution in [3.63, 3.8) is 0 Å². The minimum atomic E-state index is -0.511. The second-order valence-electron chi connectivity index (χ2n) is 4.35. The first kappa shape index (κ1) is 15.7. The Morgan fingerprint density at radius 2 is 1.91 bits per heavy atom. The van der Waals surface area contributed by atoms with Gasteiger partial charge in [0.05, 0.1) is 4.92 Å². The van der Waals surface area contributed by atoms with Crippen molar-refractivity contribution in [3.05, 3.63) is 63.3 Å². The van der Waals surface area contributed by atoms with E-state index in [1.165, 1.54) is 18.3 Å². The summed E-state index contributed by atoms with van der Waals surface area (Å²) in [6.45, 7) is 0.838. The second kappa shape index (κ2) is 7.37. The number of hydrogen-bond acceptors (Lipinski definition) is 5. The number of hydrogen-bond donors (Lipinski definition) is 2. The van der Waals surface area contributed by atoms with Crippen molar-refractivity contribution in [1.29, 1.82) is 0 Å². The quantitative estimate of drug-likeness (QED) is 0.484. The number of rotatable bonds is 6. The Bertz CT molecular complexity index is 659. The van der Waals surface area contributed by atoms with Crippen LogP contribution >= 0.6 is 11.6 Å². The Balaban J connectivity index is 1.75. The van der Waals surface area contributed by atoms with E-state index in [2.05, 4.69) is 15.6 Å². The molecule has 114 valence electrons. The molecule has 1 heterocycles. The number of nitro groups is 1. The van der Waals surface area contributed by atoms with Crippen LogP contribution in [0, 0.1) is 10.1 Å². The topological polar surface area (TPSA) is 97.2 Å². The van der Waals surface area contributed by atoms with E-state index in [1.807, 2.05) is 0 Å². The molecule has 0 radical (unpaired) electrons. The molecule has 0 saturated carbocycles. The van der Waals surface area contributed by atoms with E-state index in [1.54, 1.807) is 24.3 Å². The van der Waals surface area contributed by atoms with Gasteiger partial charge in [-0.15, -0.1) is 0 Å². The van der Waals surface area contributed by atoms with E-state index in [-0.39, 0.29) is 11.6 Å². The highest BCUT2D eigenvalue weighted by Crippen LogP contribution is 2.11. The van der Waals surface area contributed by atoms with Gasteiger partial charge in [0.1, 0.15) is 12.0 Å². The lowest BCUT2D eigenvalue weighted by Crippen LogP contribution is -2.28. The highest BCUT2D eigenvalue weighted by molar-refractivity contribution is 6.30. The van der Waals surface area contributed by atoms with Gasteiger partial charge in [0.2, 0.25) is 0 Å². The molecule has 0 bridgehead atoms. The molecule has 1 aromatic heterocycles. The largest absolute Gasteiger partial charge is 0.368 e. The van der Waals surface area contributed by atoms with Crippen molar-refractivity contribution in [2.75, 3.05) is 18.4 Å². The average Bonchev–Trinajstić information content (AvgIpc) is 2.52. The number of benzene rings is 1. The molecule has 22 heavy (non-hydrogen) atoms. The van der Waals surface area contributed by atoms with E-state index in [0.717, 1.165) is 0 Å². The molecule has 0 fully saturated rings. The molecule has 0 aliphatic rings. The molecule has 7 nitrogen and oxygen atoms in total. The van der Waals surface area contributed by atoms with Gasteiger partial charge in [-0.05, 0) is 30.3 Å². The Morgan fingerprint density at radius 1 is 1.18 bits per heavy atom. The molecule has 0 aliphatic carbocycles. The van der Waals surface area contributed by atoms with Crippen molar-refractivity contribution in [3.8, 4) is 0 Å². The van der Waals surface area contributed by atoms with Gasteiger partial charge in [0, 0.05) is 29.7 Å². The van der Waals surface area contributed by atoms with Gasteiger partial charge >= 0.3 is 0 Å². The van der Waals surface area contributed by atoms with Gasteiger partial charge in [-0.3, -0.25) is 14.9 Å². The van der Waals surface area contributed by atoms with Crippen LogP contribution in [0.2, 0.25) is 5.02 Å². The predicted octanol–water partition coefficient (Wildman–Crippen LogP) is 2.49. The molecule has 0 aliphatic heterocycles. The van der Waals surface area contributed by atoms with Crippen molar-refractivity contribution < 1.29 is 9.72 Å². The summed E-state index contributed by atoms with van der Waals surface area (Å²) >= 11 is 5.75. The van der Waals surface area contributed by atoms with Crippen LogP contribution in [-0.2, 0) is 0 Å². The summed E-state index contributed by atoms with van der Waals surface area (Å²) in [5, 5.41) is 16.8. The molecule has 1 aromatic carbocycles. The fourth-order valence-corrected chi connectivity index (χ4v) is 1.79. The first-order valence-corrected chi connectivity index (χ1v) is 6.82. The van der Waals surface area contributed by atoms with Gasteiger partial charge in [-0.2, -0.15) is 0 Å². The summed E-state index contributed by atoms with van der Waals surface area (Å²) in [6, 6.07) is 9.46. The van der Waals surface area contributed by atoms with Crippen molar-refractivity contribution >= 4 is 29.0 Å². The lowest BCUT2D eigenvalue weighted by atomic mass is 10.2. The zero-order valence-corrected chi connectivity index (χ0v) is 12.2. The number of anilines is 1. The summed E-state index contributed by atoms with van der Waals surface area (Å²) in [4.78, 5) is 25.7. The molecule has 2 aromatic rings. The van der Waals surface area contributed by atoms with Gasteiger partial charge in [-0.1, -0.05) is 11.6 Å². The fraction of sp³-hybridized carbons (Fsp3) is 0.143. The van der Waals surface area contributed by atoms with Crippen LogP contribution in [0.4, 0.5) is 11.5 Å². The van der Waals surface area contributed by atoms with Gasteiger partial charge in [-0.25, -0.2) is 4.98 Å². The number of halogens is 1. The third-order valence-electron chi connectivity index (χ3n) is 2.78. The van der Waals surface area contributed by atoms with Crippen molar-refractivity contribution in [2.45, 2.75) is 0 Å². The molecule has 2 rings (SSSR count). The Hall–Kier alpha value is -2.67. The first-order valence-electron chi connectivity index (χ1n) is 6.44. The van der Waals surface area contributed by atoms with E-state index < -0.39 is 4.92 Å². The zero-order chi connectivity index (χ0) is 15.9. The highest BCUT2D eigenvalue weighted by atomic mass is 35.5. The lowest BCUT2D eigenvalue weighted by molar-refractivity contribution is -0.385. The second-order valence-corrected chi connectivity index (χ2v) is 4.78. The van der Waals surface area contributed by atoms with Gasteiger partial charge in [0.25, 0.3) is 11.6 Å². The van der Waals surface area contributed by atoms with Gasteiger partial charge < -0.3 is 10.6 Å². The van der Waals surface area contributed by atoms with E-state index in [4.69, 9.17) is 11.6 Å². The summed E-state index contributed by atoms with van der Waals surface area (Å²) < 4.78 is 0. The van der Waals surface area contributed by atoms with Crippen LogP contribution < -0.4 is 10.6 Å². The number of pyridine rings is 1. The van der Waals surface area contributed by atoms with Gasteiger partial charge in [0.15, 0.2) is 0 Å². The zero-order valence-electron chi connectivity index (χ0n) is 11.5. The molecular formula is C14H13ClN4O3. The smallest absolute Gasteiger partial charge is 0.287 e. The average molecular weight is 321 g/mol. The van der Waals surface area contributed by atoms with Crippen LogP contribution in [0.1, 0.15) is 10.4 Å². The molecular weight excluding hydrogens is 308 g/mol. The SMILES string of the molecule is O=C(NCCNc1ccc([N+](=O)[O-])cn1)c1ccc(Cl)cc1. The third kappa shape index (κ3) is 4.42. The van der Waals surface area contributed by atoms with Crippen LogP contribution in [0.25, 0.3) is 0 Å². The maximum absolute atomic E-state index is 11.8. The summed E-state index contributed by atoms with van der Waals surface area (Å²) in [7, 11) is 0. The summed E-state index contributed by atoms with van der Waals surface area (Å²) in [5.41, 5.74) is 0.458. The van der Waals surface area contributed by atoms with Crippen LogP contribution in [-0.4, -0.2) is 28.9 Å². The number of carbonyl (C=O) groups is 1. The Kier molecular flexibility index (Phi) is 5.26. The van der Waals surface area contributed by atoms with Crippen molar-refractivity contribution in [1.82, 2.24) is 10.3 Å². The maximum atomic E-state index is 11.8. The molecule has 0 unspecified atom stereocenters. The third-order valence-corrected chi connectivity index (χ3v) is 3.03. The summed E-state index contributed by atoms with van der Waals surface area (Å²) in [6.07, 6.45) is 1.18. The maximum Gasteiger partial charge on any atom is 0.287 e. The van der Waals surface area contributed by atoms with Crippen LogP contribution in [0.3, 0.4) is 0 Å². The predicted molar refractivity (Wildman–Crippen MR) is 83.2 cm³/mol. The Morgan fingerprint density at radius 3 is 2.50 bits per heavy atom. The number of nitrogens with one attached hydrogen (secondary N) is 2. The standard InChI is InChI=1S/C14H13ClN4O3/c15-11-3-1-10(2-4-11)14(20)17-8-7-16-13-6-5-12(9-18-13)19(21)22/h1-6,9H,7-8H2,(H,16,18)(H,17,20). The number of nitrogens with zero attached hydrogens (tertiary/aromatic N) is 2. The molecule has 0 spiro atoms. The summed E-state index contributed by atoms with van der Waals surface area (Å²) in [5.74, 6) is 0.307. The fourth-order valence-electron chi connectivity index (χ4n) is 1.67. The normalized spacial score (nSPS) is 10.0. The minimum Gasteiger partial charge on any atom is -0.368 e. The monoisotopic (exact) mass is 320 g/mol. The van der Waals surface area contributed by atoms with Crippen LogP contribution in [0.15, 0.2) is 42.6 Å². The molecule has 2 N–H and O–H groups in total. The van der Waals surface area contributed by atoms with E-state index >= 15 is 0 Å². The van der Waals surface area contributed by atoms with E-state index in [0.29, 0.717) is 29.5 Å². The van der Waals surface area contributed by atoms with Crippen LogP contribution in [0.5, 0.6) is 0 Å². The number of amides is 1. The minimum absolute atomic E-state index is 0.0680. The van der Waals surface area contributed by atoms with E-state index in [9.17, 15) is 14.9 Å². The molecule has 0 saturated heterocycles. The number of aromatic nitrogens is 1.